The molecule has 0 radical (unpaired) electrons. The summed E-state index contributed by atoms with van der Waals surface area (Å²) in [5.74, 6) is 1.45. The molecule has 3 atom stereocenters. The molecule has 0 amide bonds. The van der Waals surface area contributed by atoms with Crippen LogP contribution in [0, 0.1) is 11.8 Å². The number of fused-ring (bicyclic) bond motifs is 3. The molecule has 4 rings (SSSR count). The van der Waals surface area contributed by atoms with Crippen LogP contribution < -0.4 is 4.90 Å². The van der Waals surface area contributed by atoms with Gasteiger partial charge in [0.1, 0.15) is 25.0 Å². The van der Waals surface area contributed by atoms with Gasteiger partial charge in [0.05, 0.1) is 13.1 Å². The Morgan fingerprint density at radius 2 is 1.48 bits per heavy atom. The molecule has 2 aromatic rings. The van der Waals surface area contributed by atoms with Crippen LogP contribution >= 0.6 is 0 Å². The fourth-order valence-electron chi connectivity index (χ4n) is 4.76. The standard InChI is InChI=1S/C23H28N2O2/c1-16-11-17(2)13-25(12-16)14-18(26)15-27-24-23-21-9-5-3-7-19(21)20-8-4-6-10-22(20)23/h3-10,16-18,26H,11-15H2,1-2H3/p+1/t16-,17-,18-/m0/s1. The number of nitrogens with one attached hydrogen (secondary N) is 1. The third kappa shape index (κ3) is 3.92. The van der Waals surface area contributed by atoms with E-state index in [9.17, 15) is 5.11 Å². The molecule has 0 spiro atoms. The van der Waals surface area contributed by atoms with Crippen LogP contribution in [0.2, 0.25) is 0 Å². The van der Waals surface area contributed by atoms with Gasteiger partial charge in [-0.15, -0.1) is 0 Å². The van der Waals surface area contributed by atoms with Crippen LogP contribution in [0.1, 0.15) is 31.4 Å². The summed E-state index contributed by atoms with van der Waals surface area (Å²) in [6.45, 7) is 7.85. The molecule has 0 bridgehead atoms. The second kappa shape index (κ2) is 7.83. The van der Waals surface area contributed by atoms with Gasteiger partial charge >= 0.3 is 0 Å². The Labute approximate surface area is 161 Å². The lowest BCUT2D eigenvalue weighted by Gasteiger charge is -2.32. The third-order valence-electron chi connectivity index (χ3n) is 5.68. The smallest absolute Gasteiger partial charge is 0.148 e. The summed E-state index contributed by atoms with van der Waals surface area (Å²) in [5, 5.41) is 14.8. The van der Waals surface area contributed by atoms with E-state index in [0.717, 1.165) is 48.3 Å². The summed E-state index contributed by atoms with van der Waals surface area (Å²) >= 11 is 0. The Kier molecular flexibility index (Phi) is 5.28. The highest BCUT2D eigenvalue weighted by molar-refractivity contribution is 6.24. The zero-order valence-corrected chi connectivity index (χ0v) is 16.2. The highest BCUT2D eigenvalue weighted by Crippen LogP contribution is 2.36. The quantitative estimate of drug-likeness (QED) is 0.682. The number of aliphatic hydroxyl groups is 1. The van der Waals surface area contributed by atoms with Gasteiger partial charge < -0.3 is 14.8 Å². The van der Waals surface area contributed by atoms with Gasteiger partial charge in [-0.3, -0.25) is 0 Å². The summed E-state index contributed by atoms with van der Waals surface area (Å²) < 4.78 is 0. The van der Waals surface area contributed by atoms with E-state index in [2.05, 4.69) is 43.3 Å². The average molecular weight is 365 g/mol. The maximum atomic E-state index is 10.4. The van der Waals surface area contributed by atoms with Gasteiger partial charge in [-0.1, -0.05) is 67.5 Å². The molecule has 2 aromatic carbocycles. The van der Waals surface area contributed by atoms with E-state index in [1.54, 1.807) is 0 Å². The molecule has 1 heterocycles. The lowest BCUT2D eigenvalue weighted by molar-refractivity contribution is -0.915. The van der Waals surface area contributed by atoms with Crippen LogP contribution in [0.15, 0.2) is 53.7 Å². The molecule has 2 N–H and O–H groups in total. The van der Waals surface area contributed by atoms with Gasteiger partial charge in [-0.05, 0) is 17.5 Å². The first kappa shape index (κ1) is 18.2. The number of hydrogen-bond acceptors (Lipinski definition) is 3. The number of nitrogens with zero attached hydrogens (tertiary/aromatic N) is 1. The van der Waals surface area contributed by atoms with Crippen LogP contribution in [0.3, 0.4) is 0 Å². The van der Waals surface area contributed by atoms with Crippen LogP contribution in [-0.2, 0) is 4.84 Å². The number of hydrogen-bond donors (Lipinski definition) is 2. The number of benzene rings is 2. The second-order valence-corrected chi connectivity index (χ2v) is 8.29. The van der Waals surface area contributed by atoms with Crippen molar-refractivity contribution in [3.63, 3.8) is 0 Å². The van der Waals surface area contributed by atoms with E-state index < -0.39 is 6.10 Å². The van der Waals surface area contributed by atoms with E-state index in [4.69, 9.17) is 4.84 Å². The lowest BCUT2D eigenvalue weighted by atomic mass is 9.92. The molecule has 1 aliphatic heterocycles. The molecule has 27 heavy (non-hydrogen) atoms. The molecule has 1 aliphatic carbocycles. The topological polar surface area (TPSA) is 46.3 Å². The van der Waals surface area contributed by atoms with E-state index in [1.165, 1.54) is 22.4 Å². The summed E-state index contributed by atoms with van der Waals surface area (Å²) in [6, 6.07) is 16.5. The average Bonchev–Trinajstić information content (AvgIpc) is 2.95. The Hall–Kier alpha value is -2.17. The fourth-order valence-corrected chi connectivity index (χ4v) is 4.76. The Balaban J connectivity index is 1.41. The first-order valence-corrected chi connectivity index (χ1v) is 10.0. The first-order valence-electron chi connectivity index (χ1n) is 10.0. The first-order chi connectivity index (χ1) is 13.1. The number of likely N-dealkylation sites (tertiary alicyclic amines) is 1. The number of aliphatic hydroxyl groups excluding tert-OH is 1. The molecule has 4 heteroatoms. The van der Waals surface area contributed by atoms with Crippen molar-refractivity contribution >= 4 is 5.71 Å². The summed E-state index contributed by atoms with van der Waals surface area (Å²) in [5.41, 5.74) is 5.43. The predicted molar refractivity (Wildman–Crippen MR) is 108 cm³/mol. The molecule has 1 fully saturated rings. The van der Waals surface area contributed by atoms with E-state index in [1.807, 2.05) is 24.3 Å². The highest BCUT2D eigenvalue weighted by Gasteiger charge is 2.27. The monoisotopic (exact) mass is 365 g/mol. The Bertz CT molecular complexity index is 775. The lowest BCUT2D eigenvalue weighted by Crippen LogP contribution is -3.15. The zero-order valence-electron chi connectivity index (χ0n) is 16.2. The van der Waals surface area contributed by atoms with E-state index >= 15 is 0 Å². The maximum Gasteiger partial charge on any atom is 0.148 e. The second-order valence-electron chi connectivity index (χ2n) is 8.29. The normalized spacial score (nSPS) is 24.9. The van der Waals surface area contributed by atoms with Crippen molar-refractivity contribution in [3.8, 4) is 11.1 Å². The molecule has 142 valence electrons. The number of quaternary nitrogens is 1. The third-order valence-corrected chi connectivity index (χ3v) is 5.68. The van der Waals surface area contributed by atoms with Gasteiger partial charge in [0.2, 0.25) is 0 Å². The van der Waals surface area contributed by atoms with Gasteiger partial charge in [-0.2, -0.15) is 0 Å². The largest absolute Gasteiger partial charge is 0.392 e. The molecule has 0 aromatic heterocycles. The predicted octanol–water partition coefficient (Wildman–Crippen LogP) is 2.36. The minimum Gasteiger partial charge on any atom is -0.392 e. The SMILES string of the molecule is C[C@H]1C[C@H](C)C[NH+](C[C@H](O)CON=C2c3ccccc3-c3ccccc32)C1. The highest BCUT2D eigenvalue weighted by atomic mass is 16.6. The molecular weight excluding hydrogens is 336 g/mol. The maximum absolute atomic E-state index is 10.4. The minimum absolute atomic E-state index is 0.236. The number of piperidine rings is 1. The van der Waals surface area contributed by atoms with E-state index in [0.29, 0.717) is 0 Å². The van der Waals surface area contributed by atoms with Crippen molar-refractivity contribution in [1.29, 1.82) is 0 Å². The van der Waals surface area contributed by atoms with Crippen molar-refractivity contribution in [3.05, 3.63) is 59.7 Å². The van der Waals surface area contributed by atoms with Gasteiger partial charge in [0, 0.05) is 23.0 Å². The summed E-state index contributed by atoms with van der Waals surface area (Å²) in [7, 11) is 0. The van der Waals surface area contributed by atoms with Crippen molar-refractivity contribution in [2.24, 2.45) is 17.0 Å². The summed E-state index contributed by atoms with van der Waals surface area (Å²) in [6.07, 6.45) is 0.802. The van der Waals surface area contributed by atoms with Crippen LogP contribution in [0.5, 0.6) is 0 Å². The van der Waals surface area contributed by atoms with Gasteiger partial charge in [0.15, 0.2) is 0 Å². The van der Waals surface area contributed by atoms with Crippen LogP contribution in [0.4, 0.5) is 0 Å². The van der Waals surface area contributed by atoms with Gasteiger partial charge in [-0.25, -0.2) is 0 Å². The molecule has 0 unspecified atom stereocenters. The Morgan fingerprint density at radius 1 is 0.963 bits per heavy atom. The minimum atomic E-state index is -0.492. The molecule has 2 aliphatic rings. The van der Waals surface area contributed by atoms with Crippen molar-refractivity contribution in [2.45, 2.75) is 26.4 Å². The molecule has 1 saturated heterocycles. The van der Waals surface area contributed by atoms with Crippen LogP contribution in [0.25, 0.3) is 11.1 Å². The van der Waals surface area contributed by atoms with Crippen molar-refractivity contribution in [1.82, 2.24) is 0 Å². The number of rotatable bonds is 5. The number of oxime groups is 1. The molecule has 0 saturated carbocycles. The van der Waals surface area contributed by atoms with Crippen molar-refractivity contribution < 1.29 is 14.8 Å². The van der Waals surface area contributed by atoms with E-state index in [-0.39, 0.29) is 6.61 Å². The van der Waals surface area contributed by atoms with Gasteiger partial charge in [0.25, 0.3) is 0 Å². The van der Waals surface area contributed by atoms with Crippen molar-refractivity contribution in [2.75, 3.05) is 26.2 Å². The van der Waals surface area contributed by atoms with Crippen LogP contribution in [-0.4, -0.2) is 43.2 Å². The zero-order chi connectivity index (χ0) is 18.8. The molecular formula is C23H29N2O2+. The molecule has 4 nitrogen and oxygen atoms in total. The fraction of sp³-hybridized carbons (Fsp3) is 0.435. The Morgan fingerprint density at radius 3 is 2.04 bits per heavy atom. The summed E-state index contributed by atoms with van der Waals surface area (Å²) in [4.78, 5) is 7.09.